The van der Waals surface area contributed by atoms with E-state index in [0.29, 0.717) is 19.3 Å². The number of esters is 3. The lowest BCUT2D eigenvalue weighted by Crippen LogP contribution is -2.60. The maximum absolute atomic E-state index is 12.0. The van der Waals surface area contributed by atoms with Gasteiger partial charge in [0.25, 0.3) is 0 Å². The van der Waals surface area contributed by atoms with Gasteiger partial charge in [-0.3, -0.25) is 14.4 Å². The Kier molecular flexibility index (Phi) is 9.58. The van der Waals surface area contributed by atoms with Crippen LogP contribution in [0.5, 0.6) is 0 Å². The molecule has 0 bridgehead atoms. The first kappa shape index (κ1) is 22.4. The minimum Gasteiger partial charge on any atom is -0.460 e. The molecular formula is C18H30O8. The molecular weight excluding hydrogens is 344 g/mol. The normalized spacial score (nSPS) is 25.4. The van der Waals surface area contributed by atoms with Crippen molar-refractivity contribution in [1.82, 2.24) is 0 Å². The highest BCUT2D eigenvalue weighted by Crippen LogP contribution is 2.30. The molecule has 1 aliphatic heterocycles. The Morgan fingerprint density at radius 1 is 0.962 bits per heavy atom. The number of carbonyl (C=O) groups excluding carboxylic acids is 3. The van der Waals surface area contributed by atoms with E-state index >= 15 is 0 Å². The maximum atomic E-state index is 12.0. The molecule has 0 saturated carbocycles. The Morgan fingerprint density at radius 2 is 1.50 bits per heavy atom. The first-order valence-corrected chi connectivity index (χ1v) is 9.27. The summed E-state index contributed by atoms with van der Waals surface area (Å²) in [6, 6.07) is 0. The van der Waals surface area contributed by atoms with E-state index in [-0.39, 0.29) is 32.3 Å². The molecule has 0 spiro atoms. The van der Waals surface area contributed by atoms with Crippen molar-refractivity contribution in [2.24, 2.45) is 0 Å². The number of carbonyl (C=O) groups is 3. The number of aliphatic hydroxyl groups is 1. The summed E-state index contributed by atoms with van der Waals surface area (Å²) in [7, 11) is 0. The van der Waals surface area contributed by atoms with Crippen molar-refractivity contribution < 1.29 is 38.4 Å². The zero-order chi connectivity index (χ0) is 19.6. The van der Waals surface area contributed by atoms with Gasteiger partial charge in [-0.1, -0.05) is 20.8 Å². The third-order valence-electron chi connectivity index (χ3n) is 3.88. The van der Waals surface area contributed by atoms with Gasteiger partial charge in [0.1, 0.15) is 12.7 Å². The third kappa shape index (κ3) is 6.92. The summed E-state index contributed by atoms with van der Waals surface area (Å²) in [5, 5.41) is 10.8. The van der Waals surface area contributed by atoms with Gasteiger partial charge in [-0.15, -0.1) is 0 Å². The van der Waals surface area contributed by atoms with Gasteiger partial charge in [0.05, 0.1) is 6.61 Å². The van der Waals surface area contributed by atoms with Gasteiger partial charge in [-0.2, -0.15) is 0 Å². The molecule has 0 radical (unpaired) electrons. The molecule has 26 heavy (non-hydrogen) atoms. The van der Waals surface area contributed by atoms with Crippen LogP contribution in [0.3, 0.4) is 0 Å². The largest absolute Gasteiger partial charge is 0.460 e. The number of hydrogen-bond acceptors (Lipinski definition) is 8. The summed E-state index contributed by atoms with van der Waals surface area (Å²) in [6.07, 6.45) is 0.497. The van der Waals surface area contributed by atoms with E-state index in [4.69, 9.17) is 18.9 Å². The summed E-state index contributed by atoms with van der Waals surface area (Å²) >= 11 is 0. The molecule has 0 amide bonds. The summed E-state index contributed by atoms with van der Waals surface area (Å²) in [6.45, 7) is 5.06. The fourth-order valence-electron chi connectivity index (χ4n) is 2.59. The van der Waals surface area contributed by atoms with Gasteiger partial charge in [0.2, 0.25) is 5.79 Å². The van der Waals surface area contributed by atoms with Gasteiger partial charge in [-0.25, -0.2) is 0 Å². The monoisotopic (exact) mass is 374 g/mol. The SMILES string of the molecule is CCCC(=O)OCC1(O)OCC[C@H](OC(=O)CCC)[C@@H]1OC(=O)CCC. The van der Waals surface area contributed by atoms with Crippen LogP contribution in [0, 0.1) is 0 Å². The Balaban J connectivity index is 2.90. The van der Waals surface area contributed by atoms with Crippen LogP contribution in [0.15, 0.2) is 0 Å². The van der Waals surface area contributed by atoms with Crippen LogP contribution >= 0.6 is 0 Å². The maximum Gasteiger partial charge on any atom is 0.306 e. The van der Waals surface area contributed by atoms with Crippen LogP contribution in [-0.4, -0.2) is 54.2 Å². The molecule has 1 unspecified atom stereocenters. The van der Waals surface area contributed by atoms with Crippen molar-refractivity contribution in [2.75, 3.05) is 13.2 Å². The highest BCUT2D eigenvalue weighted by molar-refractivity contribution is 5.71. The molecule has 8 heteroatoms. The fourth-order valence-corrected chi connectivity index (χ4v) is 2.59. The van der Waals surface area contributed by atoms with Crippen LogP contribution in [0.25, 0.3) is 0 Å². The molecule has 1 saturated heterocycles. The van der Waals surface area contributed by atoms with E-state index in [2.05, 4.69) is 0 Å². The first-order valence-electron chi connectivity index (χ1n) is 9.27. The molecule has 1 N–H and O–H groups in total. The van der Waals surface area contributed by atoms with Crippen molar-refractivity contribution in [3.05, 3.63) is 0 Å². The third-order valence-corrected chi connectivity index (χ3v) is 3.88. The first-order chi connectivity index (χ1) is 12.4. The highest BCUT2D eigenvalue weighted by atomic mass is 16.7. The zero-order valence-corrected chi connectivity index (χ0v) is 15.8. The summed E-state index contributed by atoms with van der Waals surface area (Å²) in [4.78, 5) is 35.4. The van der Waals surface area contributed by atoms with E-state index in [1.54, 1.807) is 0 Å². The summed E-state index contributed by atoms with van der Waals surface area (Å²) in [5.41, 5.74) is 0. The topological polar surface area (TPSA) is 108 Å². The van der Waals surface area contributed by atoms with Crippen LogP contribution in [0.1, 0.15) is 65.7 Å². The van der Waals surface area contributed by atoms with Gasteiger partial charge < -0.3 is 24.1 Å². The van der Waals surface area contributed by atoms with Gasteiger partial charge in [0.15, 0.2) is 6.10 Å². The van der Waals surface area contributed by atoms with Crippen molar-refractivity contribution >= 4 is 17.9 Å². The molecule has 0 aromatic carbocycles. The van der Waals surface area contributed by atoms with Crippen molar-refractivity contribution in [3.63, 3.8) is 0 Å². The molecule has 0 aromatic rings. The number of hydrogen-bond donors (Lipinski definition) is 1. The predicted molar refractivity (Wildman–Crippen MR) is 91.0 cm³/mol. The standard InChI is InChI=1S/C18H30O8/c1-4-7-14(19)23-12-18(22)17(26-16(21)9-6-3)13(10-11-24-18)25-15(20)8-5-2/h13,17,22H,4-12H2,1-3H3/t13-,17-,18?/m0/s1. The van der Waals surface area contributed by atoms with Crippen molar-refractivity contribution in [1.29, 1.82) is 0 Å². The van der Waals surface area contributed by atoms with Crippen LogP contribution in [0.4, 0.5) is 0 Å². The van der Waals surface area contributed by atoms with Crippen LogP contribution in [0.2, 0.25) is 0 Å². The molecule has 1 aliphatic rings. The second-order valence-corrected chi connectivity index (χ2v) is 6.33. The molecule has 150 valence electrons. The Labute approximate surface area is 154 Å². The van der Waals surface area contributed by atoms with E-state index in [9.17, 15) is 19.5 Å². The average molecular weight is 374 g/mol. The number of rotatable bonds is 10. The highest BCUT2D eigenvalue weighted by Gasteiger charge is 2.51. The van der Waals surface area contributed by atoms with E-state index in [1.165, 1.54) is 0 Å². The smallest absolute Gasteiger partial charge is 0.306 e. The summed E-state index contributed by atoms with van der Waals surface area (Å²) in [5.74, 6) is -3.53. The number of ether oxygens (including phenoxy) is 4. The lowest BCUT2D eigenvalue weighted by molar-refractivity contribution is -0.317. The van der Waals surface area contributed by atoms with E-state index < -0.39 is 42.5 Å². The van der Waals surface area contributed by atoms with Crippen LogP contribution < -0.4 is 0 Å². The second-order valence-electron chi connectivity index (χ2n) is 6.33. The quantitative estimate of drug-likeness (QED) is 0.456. The van der Waals surface area contributed by atoms with Gasteiger partial charge >= 0.3 is 17.9 Å². The minimum atomic E-state index is -2.05. The molecule has 1 fully saturated rings. The Morgan fingerprint density at radius 3 is 2.08 bits per heavy atom. The van der Waals surface area contributed by atoms with Crippen molar-refractivity contribution in [3.8, 4) is 0 Å². The average Bonchev–Trinajstić information content (AvgIpc) is 2.57. The zero-order valence-electron chi connectivity index (χ0n) is 15.8. The Bertz CT molecular complexity index is 478. The second kappa shape index (κ2) is 11.1. The predicted octanol–water partition coefficient (Wildman–Crippen LogP) is 1.86. The molecule has 0 aromatic heterocycles. The Hall–Kier alpha value is -1.67. The summed E-state index contributed by atoms with van der Waals surface area (Å²) < 4.78 is 21.1. The van der Waals surface area contributed by atoms with E-state index in [1.807, 2.05) is 20.8 Å². The molecule has 0 aliphatic carbocycles. The molecule has 8 nitrogen and oxygen atoms in total. The fraction of sp³-hybridized carbons (Fsp3) is 0.833. The lowest BCUT2D eigenvalue weighted by Gasteiger charge is -2.42. The lowest BCUT2D eigenvalue weighted by atomic mass is 9.98. The van der Waals surface area contributed by atoms with E-state index in [0.717, 1.165) is 0 Å². The van der Waals surface area contributed by atoms with Crippen molar-refractivity contribution in [2.45, 2.75) is 83.7 Å². The minimum absolute atomic E-state index is 0.0771. The molecule has 1 rings (SSSR count). The van der Waals surface area contributed by atoms with Gasteiger partial charge in [0, 0.05) is 25.7 Å². The molecule has 3 atom stereocenters. The van der Waals surface area contributed by atoms with Gasteiger partial charge in [-0.05, 0) is 19.3 Å². The van der Waals surface area contributed by atoms with Crippen LogP contribution in [-0.2, 0) is 33.3 Å². The molecule has 1 heterocycles.